The summed E-state index contributed by atoms with van der Waals surface area (Å²) in [6.45, 7) is 2.09. The summed E-state index contributed by atoms with van der Waals surface area (Å²) in [5.41, 5.74) is 8.98. The maximum absolute atomic E-state index is 13.1. The van der Waals surface area contributed by atoms with Crippen molar-refractivity contribution >= 4 is 46.0 Å². The van der Waals surface area contributed by atoms with Crippen molar-refractivity contribution in [3.63, 3.8) is 0 Å². The average Bonchev–Trinajstić information content (AvgIpc) is 3.19. The van der Waals surface area contributed by atoms with Crippen molar-refractivity contribution in [1.82, 2.24) is 0 Å². The number of aryl methyl sites for hydroxylation is 1. The molecule has 1 aromatic heterocycles. The van der Waals surface area contributed by atoms with Crippen molar-refractivity contribution < 1.29 is 4.79 Å². The minimum absolute atomic E-state index is 0.0612. The van der Waals surface area contributed by atoms with Crippen LogP contribution >= 0.6 is 34.5 Å². The number of hydrogen-bond acceptors (Lipinski definition) is 5. The van der Waals surface area contributed by atoms with Crippen LogP contribution in [0.15, 0.2) is 53.0 Å². The number of nitriles is 1. The molecule has 1 atom stereocenters. The number of anilines is 1. The fourth-order valence-corrected chi connectivity index (χ4v) is 5.50. The first kappa shape index (κ1) is 20.0. The van der Waals surface area contributed by atoms with Crippen molar-refractivity contribution in [2.45, 2.75) is 38.5 Å². The maximum atomic E-state index is 13.1. The van der Waals surface area contributed by atoms with E-state index in [1.807, 2.05) is 6.07 Å². The summed E-state index contributed by atoms with van der Waals surface area (Å²) in [4.78, 5) is 17.0. The smallest absolute Gasteiger partial charge is 0.161 e. The van der Waals surface area contributed by atoms with Crippen molar-refractivity contribution in [2.24, 2.45) is 5.73 Å². The minimum atomic E-state index is -0.428. The predicted octanol–water partition coefficient (Wildman–Crippen LogP) is 5.92. The van der Waals surface area contributed by atoms with Crippen LogP contribution in [0.3, 0.4) is 0 Å². The highest BCUT2D eigenvalue weighted by Gasteiger charge is 2.41. The van der Waals surface area contributed by atoms with Crippen LogP contribution in [0.1, 0.15) is 41.9 Å². The number of benzene rings is 1. The molecule has 0 saturated heterocycles. The lowest BCUT2D eigenvalue weighted by Crippen LogP contribution is -2.38. The van der Waals surface area contributed by atoms with Crippen LogP contribution in [0, 0.1) is 11.3 Å². The molecule has 2 N–H and O–H groups in total. The lowest BCUT2D eigenvalue weighted by Gasteiger charge is -2.39. The molecule has 1 aliphatic carbocycles. The van der Waals surface area contributed by atoms with Crippen LogP contribution in [-0.2, 0) is 11.2 Å². The van der Waals surface area contributed by atoms with Crippen molar-refractivity contribution in [3.05, 3.63) is 72.8 Å². The number of thiophene rings is 1. The van der Waals surface area contributed by atoms with Gasteiger partial charge in [-0.1, -0.05) is 36.2 Å². The van der Waals surface area contributed by atoms with Gasteiger partial charge >= 0.3 is 0 Å². The Morgan fingerprint density at radius 2 is 2.07 bits per heavy atom. The first-order valence-electron chi connectivity index (χ1n) is 9.46. The second-order valence-electron chi connectivity index (χ2n) is 7.05. The molecule has 148 valence electrons. The van der Waals surface area contributed by atoms with Gasteiger partial charge in [-0.15, -0.1) is 11.3 Å². The molecule has 4 nitrogen and oxygen atoms in total. The molecular weight excluding hydrogens is 425 g/mol. The van der Waals surface area contributed by atoms with E-state index in [4.69, 9.17) is 28.9 Å². The normalized spacial score (nSPS) is 19.4. The average molecular weight is 444 g/mol. The van der Waals surface area contributed by atoms with E-state index in [2.05, 4.69) is 19.1 Å². The first-order chi connectivity index (χ1) is 14.0. The summed E-state index contributed by atoms with van der Waals surface area (Å²) < 4.78 is 0. The van der Waals surface area contributed by atoms with Crippen LogP contribution < -0.4 is 10.6 Å². The molecule has 0 radical (unpaired) electrons. The molecule has 0 spiro atoms. The third-order valence-corrected chi connectivity index (χ3v) is 7.50. The molecule has 4 rings (SSSR count). The van der Waals surface area contributed by atoms with Gasteiger partial charge in [-0.05, 0) is 43.5 Å². The molecule has 7 heteroatoms. The van der Waals surface area contributed by atoms with Crippen molar-refractivity contribution in [1.29, 1.82) is 5.26 Å². The molecule has 0 amide bonds. The highest BCUT2D eigenvalue weighted by molar-refractivity contribution is 7.12. The number of allylic oxidation sites excluding steroid dienone is 3. The molecular formula is C22H19Cl2N3OS. The van der Waals surface area contributed by atoms with E-state index < -0.39 is 5.92 Å². The number of rotatable bonds is 3. The second kappa shape index (κ2) is 7.87. The Morgan fingerprint density at radius 1 is 1.28 bits per heavy atom. The van der Waals surface area contributed by atoms with Gasteiger partial charge in [0.1, 0.15) is 5.82 Å². The number of Topliss-reactive ketones (excluding diaryl/α,β-unsaturated/α-hetero) is 1. The third kappa shape index (κ3) is 3.26. The van der Waals surface area contributed by atoms with Gasteiger partial charge in [-0.3, -0.25) is 9.69 Å². The van der Waals surface area contributed by atoms with Gasteiger partial charge < -0.3 is 5.73 Å². The van der Waals surface area contributed by atoms with Crippen molar-refractivity contribution in [3.8, 4) is 6.07 Å². The molecule has 0 bridgehead atoms. The Kier molecular flexibility index (Phi) is 5.44. The Hall–Kier alpha value is -2.26. The van der Waals surface area contributed by atoms with Crippen LogP contribution in [0.2, 0.25) is 10.0 Å². The topological polar surface area (TPSA) is 70.1 Å². The van der Waals surface area contributed by atoms with E-state index in [-0.39, 0.29) is 5.78 Å². The Balaban J connectivity index is 1.98. The molecule has 2 aromatic rings. The fraction of sp³-hybridized carbons (Fsp3) is 0.273. The van der Waals surface area contributed by atoms with Crippen molar-refractivity contribution in [2.75, 3.05) is 4.90 Å². The number of nitrogens with two attached hydrogens (primary N) is 1. The molecule has 1 aliphatic heterocycles. The fourth-order valence-electron chi connectivity index (χ4n) is 4.05. The molecule has 2 heterocycles. The standard InChI is InChI=1S/C22H19Cl2N3OS/c1-2-12-9-10-18(29-12)19-13(11-25)22(26)27(15-6-4-8-17(28)20(15)19)16-7-3-5-14(23)21(16)24/h3,5,7,9-10,19H,2,4,6,8,26H2,1H3. The van der Waals surface area contributed by atoms with Gasteiger partial charge in [0.25, 0.3) is 0 Å². The molecule has 1 unspecified atom stereocenters. The van der Waals surface area contributed by atoms with E-state index in [0.717, 1.165) is 23.4 Å². The summed E-state index contributed by atoms with van der Waals surface area (Å²) >= 11 is 14.4. The van der Waals surface area contributed by atoms with Crippen LogP contribution in [0.5, 0.6) is 0 Å². The molecule has 0 saturated carbocycles. The summed E-state index contributed by atoms with van der Waals surface area (Å²) in [5, 5.41) is 10.8. The molecule has 1 aromatic carbocycles. The zero-order valence-electron chi connectivity index (χ0n) is 15.8. The van der Waals surface area contributed by atoms with Gasteiger partial charge in [-0.25, -0.2) is 0 Å². The van der Waals surface area contributed by atoms with E-state index in [9.17, 15) is 10.1 Å². The third-order valence-electron chi connectivity index (χ3n) is 5.40. The lowest BCUT2D eigenvalue weighted by atomic mass is 9.78. The molecule has 0 fully saturated rings. The maximum Gasteiger partial charge on any atom is 0.161 e. The van der Waals surface area contributed by atoms with Gasteiger partial charge in [0.05, 0.1) is 33.3 Å². The van der Waals surface area contributed by atoms with Gasteiger partial charge in [0, 0.05) is 27.4 Å². The van der Waals surface area contributed by atoms with E-state index in [1.165, 1.54) is 4.88 Å². The van der Waals surface area contributed by atoms with E-state index in [0.29, 0.717) is 45.5 Å². The summed E-state index contributed by atoms with van der Waals surface area (Å²) in [6.07, 6.45) is 2.80. The summed E-state index contributed by atoms with van der Waals surface area (Å²) in [6, 6.07) is 11.6. The SMILES string of the molecule is CCc1ccc(C2C(C#N)=C(N)N(c3cccc(Cl)c3Cl)C3=C2C(=O)CCC3)s1. The zero-order valence-corrected chi connectivity index (χ0v) is 18.2. The van der Waals surface area contributed by atoms with E-state index >= 15 is 0 Å². The largest absolute Gasteiger partial charge is 0.384 e. The van der Waals surface area contributed by atoms with Crippen LogP contribution in [0.25, 0.3) is 0 Å². The number of hydrogen-bond donors (Lipinski definition) is 1. The van der Waals surface area contributed by atoms with Gasteiger partial charge in [0.15, 0.2) is 5.78 Å². The number of halogens is 2. The minimum Gasteiger partial charge on any atom is -0.384 e. The highest BCUT2D eigenvalue weighted by atomic mass is 35.5. The molecule has 2 aliphatic rings. The van der Waals surface area contributed by atoms with Gasteiger partial charge in [-0.2, -0.15) is 5.26 Å². The summed E-state index contributed by atoms with van der Waals surface area (Å²) in [5.74, 6) is -0.0602. The van der Waals surface area contributed by atoms with Crippen LogP contribution in [-0.4, -0.2) is 5.78 Å². The molecule has 29 heavy (non-hydrogen) atoms. The Labute approximate surface area is 183 Å². The number of nitrogens with zero attached hydrogens (tertiary/aromatic N) is 2. The van der Waals surface area contributed by atoms with E-state index in [1.54, 1.807) is 34.4 Å². The number of carbonyl (C=O) groups excluding carboxylic acids is 1. The predicted molar refractivity (Wildman–Crippen MR) is 118 cm³/mol. The quantitative estimate of drug-likeness (QED) is 0.638. The Bertz CT molecular complexity index is 1110. The highest BCUT2D eigenvalue weighted by Crippen LogP contribution is 2.49. The first-order valence-corrected chi connectivity index (χ1v) is 11.0. The monoisotopic (exact) mass is 443 g/mol. The second-order valence-corrected chi connectivity index (χ2v) is 9.03. The lowest BCUT2D eigenvalue weighted by molar-refractivity contribution is -0.116. The Morgan fingerprint density at radius 3 is 2.76 bits per heavy atom. The zero-order chi connectivity index (χ0) is 20.7. The van der Waals surface area contributed by atoms with Gasteiger partial charge in [0.2, 0.25) is 0 Å². The van der Waals surface area contributed by atoms with Crippen LogP contribution in [0.4, 0.5) is 5.69 Å². The number of carbonyl (C=O) groups is 1. The summed E-state index contributed by atoms with van der Waals surface area (Å²) in [7, 11) is 0. The number of ketones is 1.